The first kappa shape index (κ1) is 20.5. The minimum atomic E-state index is 0. The number of benzene rings is 1. The van der Waals surface area contributed by atoms with Gasteiger partial charge in [-0.3, -0.25) is 4.79 Å². The molecule has 3 atom stereocenters. The van der Waals surface area contributed by atoms with Crippen LogP contribution in [0.4, 0.5) is 0 Å². The Kier molecular flexibility index (Phi) is 8.59. The Morgan fingerprint density at radius 1 is 1.48 bits per heavy atom. The van der Waals surface area contributed by atoms with Gasteiger partial charge in [0.1, 0.15) is 0 Å². The Balaban J connectivity index is 0.00000264. The molecule has 0 aromatic heterocycles. The van der Waals surface area contributed by atoms with Crippen molar-refractivity contribution in [1.29, 1.82) is 0 Å². The zero-order valence-corrected chi connectivity index (χ0v) is 16.4. The van der Waals surface area contributed by atoms with Crippen LogP contribution in [0.25, 0.3) is 0 Å². The van der Waals surface area contributed by atoms with E-state index in [1.807, 2.05) is 17.0 Å². The van der Waals surface area contributed by atoms with E-state index in [1.165, 1.54) is 5.56 Å². The summed E-state index contributed by atoms with van der Waals surface area (Å²) in [6.45, 7) is 5.87. The molecule has 23 heavy (non-hydrogen) atoms. The maximum Gasteiger partial charge on any atom is 0.226 e. The quantitative estimate of drug-likeness (QED) is 0.807. The van der Waals surface area contributed by atoms with Crippen LogP contribution in [0.15, 0.2) is 28.7 Å². The average Bonchev–Trinajstić information content (AvgIpc) is 2.52. The molecule has 0 saturated carbocycles. The third-order valence-corrected chi connectivity index (χ3v) is 5.22. The van der Waals surface area contributed by atoms with Crippen LogP contribution in [0, 0.1) is 11.8 Å². The highest BCUT2D eigenvalue weighted by atomic mass is 79.9. The Bertz CT molecular complexity index is 510. The van der Waals surface area contributed by atoms with Gasteiger partial charge in [0.25, 0.3) is 0 Å². The summed E-state index contributed by atoms with van der Waals surface area (Å²) in [6.07, 6.45) is 3.91. The van der Waals surface area contributed by atoms with E-state index in [2.05, 4.69) is 41.9 Å². The Labute approximate surface area is 154 Å². The van der Waals surface area contributed by atoms with Crippen molar-refractivity contribution in [2.45, 2.75) is 45.6 Å². The average molecular weight is 404 g/mol. The number of nitrogens with two attached hydrogens (primary N) is 1. The molecule has 0 aliphatic carbocycles. The van der Waals surface area contributed by atoms with Crippen LogP contribution < -0.4 is 5.73 Å². The predicted octanol–water partition coefficient (Wildman–Crippen LogP) is 4.03. The third kappa shape index (κ3) is 5.77. The SMILES string of the molecule is CCC(Cc1cccc(Br)c1)C(=O)N1CCCC(C(C)N)C1.Cl. The lowest BCUT2D eigenvalue weighted by Gasteiger charge is -2.36. The Morgan fingerprint density at radius 3 is 2.83 bits per heavy atom. The molecule has 0 bridgehead atoms. The molecular weight excluding hydrogens is 376 g/mol. The first-order valence-corrected chi connectivity index (χ1v) is 9.09. The second-order valence-corrected chi connectivity index (χ2v) is 7.40. The van der Waals surface area contributed by atoms with E-state index < -0.39 is 0 Å². The normalized spacial score (nSPS) is 20.5. The number of rotatable bonds is 5. The first-order valence-electron chi connectivity index (χ1n) is 8.30. The van der Waals surface area contributed by atoms with E-state index in [0.717, 1.165) is 43.2 Å². The molecule has 0 spiro atoms. The summed E-state index contributed by atoms with van der Waals surface area (Å²) in [6, 6.07) is 8.42. The molecule has 130 valence electrons. The number of hydrogen-bond donors (Lipinski definition) is 1. The standard InChI is InChI=1S/C18H27BrN2O.ClH/c1-3-15(10-14-6-4-8-17(19)11-14)18(22)21-9-5-7-16(12-21)13(2)20;/h4,6,8,11,13,15-16H,3,5,7,9-10,12,20H2,1-2H3;1H. The van der Waals surface area contributed by atoms with Gasteiger partial charge < -0.3 is 10.6 Å². The smallest absolute Gasteiger partial charge is 0.226 e. The van der Waals surface area contributed by atoms with Gasteiger partial charge in [-0.05, 0) is 56.2 Å². The molecule has 2 N–H and O–H groups in total. The van der Waals surface area contributed by atoms with Crippen LogP contribution in [0.2, 0.25) is 0 Å². The van der Waals surface area contributed by atoms with Crippen LogP contribution in [0.3, 0.4) is 0 Å². The van der Waals surface area contributed by atoms with Crippen molar-refractivity contribution >= 4 is 34.2 Å². The number of nitrogens with zero attached hydrogens (tertiary/aromatic N) is 1. The summed E-state index contributed by atoms with van der Waals surface area (Å²) in [4.78, 5) is 14.9. The lowest BCUT2D eigenvalue weighted by Crippen LogP contribution is -2.47. The largest absolute Gasteiger partial charge is 0.342 e. The van der Waals surface area contributed by atoms with Gasteiger partial charge in [-0.25, -0.2) is 0 Å². The minimum absolute atomic E-state index is 0. The van der Waals surface area contributed by atoms with E-state index in [0.29, 0.717) is 11.8 Å². The van der Waals surface area contributed by atoms with Crippen LogP contribution in [-0.2, 0) is 11.2 Å². The maximum absolute atomic E-state index is 12.9. The summed E-state index contributed by atoms with van der Waals surface area (Å²) < 4.78 is 1.07. The highest BCUT2D eigenvalue weighted by molar-refractivity contribution is 9.10. The van der Waals surface area contributed by atoms with Crippen molar-refractivity contribution in [3.8, 4) is 0 Å². The molecule has 1 aromatic rings. The lowest BCUT2D eigenvalue weighted by atomic mass is 9.89. The highest BCUT2D eigenvalue weighted by Crippen LogP contribution is 2.23. The molecule has 1 amide bonds. The number of piperidine rings is 1. The van der Waals surface area contributed by atoms with Gasteiger partial charge in [-0.15, -0.1) is 12.4 Å². The summed E-state index contributed by atoms with van der Waals surface area (Å²) in [7, 11) is 0. The molecule has 1 saturated heterocycles. The fraction of sp³-hybridized carbons (Fsp3) is 0.611. The molecule has 1 aromatic carbocycles. The van der Waals surface area contributed by atoms with Gasteiger partial charge in [0.15, 0.2) is 0 Å². The molecule has 3 unspecified atom stereocenters. The van der Waals surface area contributed by atoms with Crippen molar-refractivity contribution in [3.63, 3.8) is 0 Å². The third-order valence-electron chi connectivity index (χ3n) is 4.73. The van der Waals surface area contributed by atoms with Crippen LogP contribution >= 0.6 is 28.3 Å². The van der Waals surface area contributed by atoms with Crippen molar-refractivity contribution in [3.05, 3.63) is 34.3 Å². The van der Waals surface area contributed by atoms with Gasteiger partial charge in [-0.2, -0.15) is 0 Å². The second-order valence-electron chi connectivity index (χ2n) is 6.48. The number of amides is 1. The van der Waals surface area contributed by atoms with Crippen molar-refractivity contribution < 1.29 is 4.79 Å². The fourth-order valence-corrected chi connectivity index (χ4v) is 3.70. The predicted molar refractivity (Wildman–Crippen MR) is 102 cm³/mol. The van der Waals surface area contributed by atoms with Crippen molar-refractivity contribution in [1.82, 2.24) is 4.90 Å². The van der Waals surface area contributed by atoms with Gasteiger partial charge in [0, 0.05) is 29.5 Å². The van der Waals surface area contributed by atoms with E-state index in [1.54, 1.807) is 0 Å². The van der Waals surface area contributed by atoms with Crippen LogP contribution in [0.5, 0.6) is 0 Å². The van der Waals surface area contributed by atoms with Crippen LogP contribution in [0.1, 0.15) is 38.7 Å². The number of halogens is 2. The van der Waals surface area contributed by atoms with Gasteiger partial charge in [-0.1, -0.05) is 35.0 Å². The fourth-order valence-electron chi connectivity index (χ4n) is 3.25. The molecule has 1 heterocycles. The molecule has 2 rings (SSSR count). The molecule has 5 heteroatoms. The monoisotopic (exact) mass is 402 g/mol. The molecule has 0 radical (unpaired) electrons. The molecule has 1 aliphatic heterocycles. The van der Waals surface area contributed by atoms with Crippen molar-refractivity contribution in [2.75, 3.05) is 13.1 Å². The highest BCUT2D eigenvalue weighted by Gasteiger charge is 2.29. The molecule has 1 aliphatic rings. The van der Waals surface area contributed by atoms with Crippen LogP contribution in [-0.4, -0.2) is 29.9 Å². The van der Waals surface area contributed by atoms with Crippen molar-refractivity contribution in [2.24, 2.45) is 17.6 Å². The number of carbonyl (C=O) groups excluding carboxylic acids is 1. The van der Waals surface area contributed by atoms with Gasteiger partial charge >= 0.3 is 0 Å². The maximum atomic E-state index is 12.9. The number of carbonyl (C=O) groups is 1. The first-order chi connectivity index (χ1) is 10.5. The minimum Gasteiger partial charge on any atom is -0.342 e. The summed E-state index contributed by atoms with van der Waals surface area (Å²) in [5, 5.41) is 0. The molecule has 3 nitrogen and oxygen atoms in total. The summed E-state index contributed by atoms with van der Waals surface area (Å²) in [5.74, 6) is 0.815. The van der Waals surface area contributed by atoms with E-state index in [4.69, 9.17) is 5.73 Å². The Morgan fingerprint density at radius 2 is 2.22 bits per heavy atom. The van der Waals surface area contributed by atoms with E-state index in [-0.39, 0.29) is 24.4 Å². The Hall–Kier alpha value is -0.580. The summed E-state index contributed by atoms with van der Waals surface area (Å²) >= 11 is 3.50. The second kappa shape index (κ2) is 9.65. The zero-order chi connectivity index (χ0) is 16.1. The van der Waals surface area contributed by atoms with Gasteiger partial charge in [0.05, 0.1) is 0 Å². The summed E-state index contributed by atoms with van der Waals surface area (Å²) in [5.41, 5.74) is 7.25. The lowest BCUT2D eigenvalue weighted by molar-refractivity contribution is -0.137. The van der Waals surface area contributed by atoms with E-state index >= 15 is 0 Å². The topological polar surface area (TPSA) is 46.3 Å². The zero-order valence-electron chi connectivity index (χ0n) is 14.0. The van der Waals surface area contributed by atoms with E-state index in [9.17, 15) is 4.79 Å². The van der Waals surface area contributed by atoms with Gasteiger partial charge in [0.2, 0.25) is 5.91 Å². The molecular formula is C18H28BrClN2O. The molecule has 1 fully saturated rings. The number of hydrogen-bond acceptors (Lipinski definition) is 2. The number of likely N-dealkylation sites (tertiary alicyclic amines) is 1.